The topological polar surface area (TPSA) is 21.7 Å². The molecule has 0 aliphatic heterocycles. The Morgan fingerprint density at radius 2 is 1.12 bits per heavy atom. The molecule has 0 bridgehead atoms. The highest BCUT2D eigenvalue weighted by Crippen LogP contribution is 2.41. The lowest BCUT2D eigenvalue weighted by Crippen LogP contribution is -2.19. The summed E-state index contributed by atoms with van der Waals surface area (Å²) in [4.78, 5) is 2.42. The van der Waals surface area contributed by atoms with E-state index in [0.717, 1.165) is 51.9 Å². The smallest absolute Gasteiger partial charge is 0.127 e. The van der Waals surface area contributed by atoms with Crippen LogP contribution in [0.15, 0.2) is 103 Å². The predicted molar refractivity (Wildman–Crippen MR) is 299 cm³/mol. The van der Waals surface area contributed by atoms with Crippen LogP contribution >= 0.6 is 0 Å². The fraction of sp³-hybridized carbons (Fsp3) is 0.477. The molecular formula is C65H89NO2. The van der Waals surface area contributed by atoms with Crippen molar-refractivity contribution in [1.29, 1.82) is 0 Å². The van der Waals surface area contributed by atoms with E-state index < -0.39 is 0 Å². The number of methoxy groups -OCH3 is 1. The third-order valence-corrected chi connectivity index (χ3v) is 14.2. The summed E-state index contributed by atoms with van der Waals surface area (Å²) in [5.41, 5.74) is 14.6. The maximum atomic E-state index is 6.69. The summed E-state index contributed by atoms with van der Waals surface area (Å²) < 4.78 is 12.8. The highest BCUT2D eigenvalue weighted by atomic mass is 16.5. The van der Waals surface area contributed by atoms with E-state index in [0.29, 0.717) is 12.5 Å². The van der Waals surface area contributed by atoms with Crippen LogP contribution in [0.1, 0.15) is 185 Å². The Kier molecular flexibility index (Phi) is 20.7. The minimum absolute atomic E-state index is 0.0973. The summed E-state index contributed by atoms with van der Waals surface area (Å²) in [6.45, 7) is 28.5. The second-order valence-electron chi connectivity index (χ2n) is 21.8. The lowest BCUT2D eigenvalue weighted by atomic mass is 9.78. The van der Waals surface area contributed by atoms with E-state index in [-0.39, 0.29) is 10.8 Å². The molecule has 1 atom stereocenters. The van der Waals surface area contributed by atoms with Gasteiger partial charge in [0.15, 0.2) is 0 Å². The third kappa shape index (κ3) is 16.0. The van der Waals surface area contributed by atoms with E-state index in [9.17, 15) is 0 Å². The zero-order valence-electron chi connectivity index (χ0n) is 44.9. The second kappa shape index (κ2) is 26.1. The van der Waals surface area contributed by atoms with Gasteiger partial charge in [0.2, 0.25) is 0 Å². The largest absolute Gasteiger partial charge is 0.496 e. The Bertz CT molecular complexity index is 2360. The first-order valence-electron chi connectivity index (χ1n) is 26.4. The number of ether oxygens (including phenoxy) is 2. The molecule has 0 heterocycles. The number of allylic oxidation sites excluding steroid dienone is 1. The van der Waals surface area contributed by atoms with Gasteiger partial charge in [-0.15, -0.1) is 0 Å². The van der Waals surface area contributed by atoms with Crippen LogP contribution in [-0.2, 0) is 5.41 Å². The van der Waals surface area contributed by atoms with Gasteiger partial charge in [0.25, 0.3) is 0 Å². The van der Waals surface area contributed by atoms with Crippen molar-refractivity contribution in [3.05, 3.63) is 142 Å². The van der Waals surface area contributed by atoms with Crippen LogP contribution in [0.25, 0.3) is 29.4 Å². The summed E-state index contributed by atoms with van der Waals surface area (Å²) >= 11 is 0. The number of rotatable bonds is 27. The van der Waals surface area contributed by atoms with E-state index >= 15 is 0 Å². The summed E-state index contributed by atoms with van der Waals surface area (Å²) in [6.07, 6.45) is 25.2. The van der Waals surface area contributed by atoms with Crippen molar-refractivity contribution >= 4 is 35.3 Å². The molecular weight excluding hydrogens is 827 g/mol. The number of hydrogen-bond donors (Lipinski definition) is 0. The quantitative estimate of drug-likeness (QED) is 0.0387. The van der Waals surface area contributed by atoms with Gasteiger partial charge in [-0.25, -0.2) is 0 Å². The van der Waals surface area contributed by atoms with Gasteiger partial charge in [0.1, 0.15) is 11.5 Å². The Hall–Kier alpha value is -5.02. The fourth-order valence-corrected chi connectivity index (χ4v) is 9.61. The first kappa shape index (κ1) is 53.9. The molecule has 68 heavy (non-hydrogen) atoms. The van der Waals surface area contributed by atoms with Crippen LogP contribution in [0.5, 0.6) is 11.5 Å². The summed E-state index contributed by atoms with van der Waals surface area (Å²) in [6, 6.07) is 36.2. The molecule has 0 saturated heterocycles. The molecule has 0 saturated carbocycles. The third-order valence-electron chi connectivity index (χ3n) is 14.2. The average Bonchev–Trinajstić information content (AvgIpc) is 3.30. The summed E-state index contributed by atoms with van der Waals surface area (Å²) in [7, 11) is 1.78. The van der Waals surface area contributed by atoms with Crippen LogP contribution in [0.3, 0.4) is 0 Å². The molecule has 0 aliphatic rings. The van der Waals surface area contributed by atoms with Gasteiger partial charge >= 0.3 is 0 Å². The van der Waals surface area contributed by atoms with Gasteiger partial charge in [-0.05, 0) is 145 Å². The van der Waals surface area contributed by atoms with Gasteiger partial charge < -0.3 is 14.4 Å². The molecule has 3 nitrogen and oxygen atoms in total. The van der Waals surface area contributed by atoms with Crippen LogP contribution in [0.2, 0.25) is 0 Å². The van der Waals surface area contributed by atoms with Crippen molar-refractivity contribution < 1.29 is 9.47 Å². The maximum absolute atomic E-state index is 6.69. The molecule has 1 unspecified atom stereocenters. The van der Waals surface area contributed by atoms with Crippen molar-refractivity contribution in [1.82, 2.24) is 0 Å². The van der Waals surface area contributed by atoms with E-state index in [2.05, 4.69) is 209 Å². The lowest BCUT2D eigenvalue weighted by Gasteiger charge is -2.30. The van der Waals surface area contributed by atoms with Crippen LogP contribution < -0.4 is 14.4 Å². The Morgan fingerprint density at radius 1 is 0.544 bits per heavy atom. The number of unbranched alkanes of at least 4 members (excludes halogenated alkanes) is 5. The monoisotopic (exact) mass is 916 g/mol. The summed E-state index contributed by atoms with van der Waals surface area (Å²) in [5, 5.41) is 0. The van der Waals surface area contributed by atoms with Gasteiger partial charge in [0, 0.05) is 28.2 Å². The molecule has 3 heteroatoms. The molecule has 0 aliphatic carbocycles. The molecule has 5 rings (SSSR count). The van der Waals surface area contributed by atoms with E-state index in [1.807, 2.05) is 0 Å². The zero-order chi connectivity index (χ0) is 49.3. The first-order valence-corrected chi connectivity index (χ1v) is 26.4. The molecule has 0 spiro atoms. The molecule has 5 aromatic carbocycles. The molecule has 0 amide bonds. The van der Waals surface area contributed by atoms with E-state index in [1.165, 1.54) is 116 Å². The van der Waals surface area contributed by atoms with Crippen LogP contribution in [0, 0.1) is 38.0 Å². The normalized spacial score (nSPS) is 12.7. The average molecular weight is 916 g/mol. The Morgan fingerprint density at radius 3 is 1.75 bits per heavy atom. The van der Waals surface area contributed by atoms with Crippen molar-refractivity contribution in [3.8, 4) is 22.6 Å². The Labute approximate surface area is 415 Å². The van der Waals surface area contributed by atoms with Crippen molar-refractivity contribution in [3.63, 3.8) is 0 Å². The maximum Gasteiger partial charge on any atom is 0.127 e. The van der Waals surface area contributed by atoms with Crippen molar-refractivity contribution in [2.75, 3.05) is 18.6 Å². The second-order valence-corrected chi connectivity index (χ2v) is 21.8. The minimum Gasteiger partial charge on any atom is -0.496 e. The van der Waals surface area contributed by atoms with Gasteiger partial charge in [-0.2, -0.15) is 0 Å². The number of hydrogen-bond acceptors (Lipinski definition) is 3. The van der Waals surface area contributed by atoms with Gasteiger partial charge in [0.05, 0.1) is 13.7 Å². The summed E-state index contributed by atoms with van der Waals surface area (Å²) in [5.74, 6) is 3.14. The first-order chi connectivity index (χ1) is 32.5. The number of aryl methyl sites for hydroxylation is 3. The molecule has 5 aromatic rings. The van der Waals surface area contributed by atoms with Crippen molar-refractivity contribution in [2.45, 2.75) is 172 Å². The lowest BCUT2D eigenvalue weighted by molar-refractivity contribution is 0.275. The SMILES string of the molecule is CCCCCCC(C)(C)c1ccc(N(c2ccc(-c3ccc(C)cc3)cc2)c2ccc(C=Cc3cc(OCCC(C)CCCC(C)C)c(C=CC(C)(C)CCCCC)cc3OC)c(C)c2)cc1C. The molecule has 366 valence electrons. The number of benzene rings is 5. The molecule has 0 fully saturated rings. The van der Waals surface area contributed by atoms with Crippen molar-refractivity contribution in [2.24, 2.45) is 17.3 Å². The van der Waals surface area contributed by atoms with E-state index in [4.69, 9.17) is 9.47 Å². The number of nitrogens with zero attached hydrogens (tertiary/aromatic N) is 1. The highest BCUT2D eigenvalue weighted by Gasteiger charge is 2.24. The Balaban J connectivity index is 1.48. The van der Waals surface area contributed by atoms with Gasteiger partial charge in [-0.1, -0.05) is 205 Å². The molecule has 0 aromatic heterocycles. The predicted octanol–water partition coefficient (Wildman–Crippen LogP) is 20.0. The highest BCUT2D eigenvalue weighted by molar-refractivity contribution is 5.82. The molecule has 0 N–H and O–H groups in total. The molecule has 0 radical (unpaired) electrons. The fourth-order valence-electron chi connectivity index (χ4n) is 9.61. The van der Waals surface area contributed by atoms with Gasteiger partial charge in [-0.3, -0.25) is 0 Å². The minimum atomic E-state index is 0.0973. The standard InChI is InChI=1S/C65H89NO2/c1-14-16-18-20-41-65(11,12)61-37-36-60(45-52(61)8)66(58-33-31-55(32-34-58)54-26-24-50(6)25-27-54)59-35-30-53(51(7)44-59)28-29-56-47-63(68-43-39-49(5)23-21-22-48(3)4)57(46-62(56)67-13)38-42-64(9,10)40-19-17-15-2/h24-38,42,44-49H,14-23,39-41,43H2,1-13H3. The zero-order valence-corrected chi connectivity index (χ0v) is 44.9. The van der Waals surface area contributed by atoms with Crippen LogP contribution in [-0.4, -0.2) is 13.7 Å². The number of anilines is 3. The van der Waals surface area contributed by atoms with E-state index in [1.54, 1.807) is 7.11 Å². The van der Waals surface area contributed by atoms with Crippen LogP contribution in [0.4, 0.5) is 17.1 Å².